The summed E-state index contributed by atoms with van der Waals surface area (Å²) in [6, 6.07) is 11.8. The van der Waals surface area contributed by atoms with Crippen molar-refractivity contribution in [3.8, 4) is 22.6 Å². The number of halogens is 1. The normalized spacial score (nSPS) is 17.6. The number of rotatable bonds is 15. The maximum Gasteiger partial charge on any atom is 0.319 e. The largest absolute Gasteiger partial charge is 0.493 e. The van der Waals surface area contributed by atoms with E-state index in [0.717, 1.165) is 38.5 Å². The van der Waals surface area contributed by atoms with Gasteiger partial charge in [0.05, 0.1) is 19.8 Å². The topological polar surface area (TPSA) is 54.0 Å². The van der Waals surface area contributed by atoms with Crippen molar-refractivity contribution in [2.24, 2.45) is 5.92 Å². The van der Waals surface area contributed by atoms with Crippen molar-refractivity contribution in [1.29, 1.82) is 0 Å². The molecule has 1 aliphatic heterocycles. The lowest BCUT2D eigenvalue weighted by molar-refractivity contribution is -0.208. The van der Waals surface area contributed by atoms with Crippen LogP contribution in [0.5, 0.6) is 11.5 Å². The second kappa shape index (κ2) is 15.6. The van der Waals surface area contributed by atoms with E-state index in [1.165, 1.54) is 31.7 Å². The summed E-state index contributed by atoms with van der Waals surface area (Å²) in [5.74, 6) is -0.223. The number of hydrogen-bond donors (Lipinski definition) is 0. The second-order valence-corrected chi connectivity index (χ2v) is 9.49. The van der Waals surface area contributed by atoms with Gasteiger partial charge < -0.3 is 18.9 Å². The van der Waals surface area contributed by atoms with Gasteiger partial charge in [-0.05, 0) is 49.1 Å². The number of unbranched alkanes of at least 4 members (excludes halogenated alkanes) is 7. The third-order valence-electron chi connectivity index (χ3n) is 6.43. The molecule has 1 saturated heterocycles. The van der Waals surface area contributed by atoms with Gasteiger partial charge in [-0.1, -0.05) is 70.9 Å². The van der Waals surface area contributed by atoms with E-state index >= 15 is 0 Å². The van der Waals surface area contributed by atoms with E-state index < -0.39 is 5.92 Å². The van der Waals surface area contributed by atoms with E-state index in [0.29, 0.717) is 42.4 Å². The molecule has 0 amide bonds. The third kappa shape index (κ3) is 9.21. The van der Waals surface area contributed by atoms with Crippen LogP contribution in [0.1, 0.15) is 78.1 Å². The Labute approximate surface area is 215 Å². The van der Waals surface area contributed by atoms with Crippen molar-refractivity contribution >= 4 is 5.97 Å². The van der Waals surface area contributed by atoms with Crippen molar-refractivity contribution in [1.82, 2.24) is 0 Å². The summed E-state index contributed by atoms with van der Waals surface area (Å²) in [5.41, 5.74) is 1.18. The van der Waals surface area contributed by atoms with Crippen molar-refractivity contribution in [2.45, 2.75) is 84.3 Å². The Kier molecular flexibility index (Phi) is 12.2. The molecule has 0 radical (unpaired) electrons. The fraction of sp³-hybridized carbons (Fsp3) is 0.567. The highest BCUT2D eigenvalue weighted by Crippen LogP contribution is 2.28. The van der Waals surface area contributed by atoms with E-state index in [1.807, 2.05) is 0 Å². The zero-order chi connectivity index (χ0) is 25.6. The molecule has 2 aromatic rings. The monoisotopic (exact) mass is 500 g/mol. The van der Waals surface area contributed by atoms with E-state index in [-0.39, 0.29) is 18.1 Å². The molecule has 0 N–H and O–H groups in total. The Morgan fingerprint density at radius 2 is 1.50 bits per heavy atom. The van der Waals surface area contributed by atoms with Crippen LogP contribution < -0.4 is 9.47 Å². The molecule has 1 aliphatic rings. The lowest BCUT2D eigenvalue weighted by Gasteiger charge is -2.28. The standard InChI is InChI=1S/C30H41FO5/c1-3-5-7-8-9-11-19-33-26-17-18-27(28(31)20-26)23-13-15-25(16-14-23)36-30(32)24-21-34-29(35-22-24)12-10-6-4-2/h13-18,20,24,29H,3-12,19,21-22H2,1-2H3. The molecule has 3 rings (SSSR count). The zero-order valence-electron chi connectivity index (χ0n) is 21.8. The molecule has 1 fully saturated rings. The second-order valence-electron chi connectivity index (χ2n) is 9.49. The van der Waals surface area contributed by atoms with Gasteiger partial charge in [-0.3, -0.25) is 4.79 Å². The van der Waals surface area contributed by atoms with E-state index in [4.69, 9.17) is 18.9 Å². The number of carbonyl (C=O) groups excluding carboxylic acids is 1. The minimum Gasteiger partial charge on any atom is -0.493 e. The van der Waals surface area contributed by atoms with Crippen LogP contribution >= 0.6 is 0 Å². The van der Waals surface area contributed by atoms with Crippen molar-refractivity contribution in [2.75, 3.05) is 19.8 Å². The first-order valence-electron chi connectivity index (χ1n) is 13.6. The average Bonchev–Trinajstić information content (AvgIpc) is 2.89. The number of esters is 1. The Hall–Kier alpha value is -2.44. The van der Waals surface area contributed by atoms with Crippen LogP contribution in [0.4, 0.5) is 4.39 Å². The van der Waals surface area contributed by atoms with E-state index in [1.54, 1.807) is 36.4 Å². The fourth-order valence-corrected chi connectivity index (χ4v) is 4.20. The number of carbonyl (C=O) groups is 1. The summed E-state index contributed by atoms with van der Waals surface area (Å²) in [4.78, 5) is 12.5. The highest BCUT2D eigenvalue weighted by Gasteiger charge is 2.29. The summed E-state index contributed by atoms with van der Waals surface area (Å²) in [7, 11) is 0. The SMILES string of the molecule is CCCCCCCCOc1ccc(-c2ccc(OC(=O)C3COC(CCCCC)OC3)cc2)c(F)c1. The first-order chi connectivity index (χ1) is 17.6. The summed E-state index contributed by atoms with van der Waals surface area (Å²) in [5, 5.41) is 0. The molecule has 0 aliphatic carbocycles. The van der Waals surface area contributed by atoms with E-state index in [2.05, 4.69) is 13.8 Å². The molecule has 0 spiro atoms. The van der Waals surface area contributed by atoms with Gasteiger partial charge in [-0.25, -0.2) is 4.39 Å². The van der Waals surface area contributed by atoms with Crippen molar-refractivity contribution < 1.29 is 28.1 Å². The maximum absolute atomic E-state index is 14.7. The number of ether oxygens (including phenoxy) is 4. The van der Waals surface area contributed by atoms with Gasteiger partial charge in [0.25, 0.3) is 0 Å². The molecule has 0 bridgehead atoms. The minimum atomic E-state index is -0.451. The molecule has 0 saturated carbocycles. The van der Waals surface area contributed by atoms with Crippen LogP contribution in [0.2, 0.25) is 0 Å². The van der Waals surface area contributed by atoms with E-state index in [9.17, 15) is 9.18 Å². The van der Waals surface area contributed by atoms with Crippen LogP contribution in [-0.4, -0.2) is 32.1 Å². The Morgan fingerprint density at radius 3 is 2.19 bits per heavy atom. The first-order valence-corrected chi connectivity index (χ1v) is 13.6. The van der Waals surface area contributed by atoms with Crippen LogP contribution in [0.3, 0.4) is 0 Å². The van der Waals surface area contributed by atoms with Crippen LogP contribution in [0.25, 0.3) is 11.1 Å². The Balaban J connectivity index is 1.44. The average molecular weight is 501 g/mol. The zero-order valence-corrected chi connectivity index (χ0v) is 21.8. The quantitative estimate of drug-likeness (QED) is 0.142. The smallest absolute Gasteiger partial charge is 0.319 e. The van der Waals surface area contributed by atoms with Gasteiger partial charge in [0, 0.05) is 11.6 Å². The molecule has 0 aromatic heterocycles. The van der Waals surface area contributed by atoms with Crippen LogP contribution in [-0.2, 0) is 14.3 Å². The number of benzene rings is 2. The molecule has 6 heteroatoms. The molecule has 0 unspecified atom stereocenters. The summed E-state index contributed by atoms with van der Waals surface area (Å²) in [6.45, 7) is 5.55. The van der Waals surface area contributed by atoms with Crippen molar-refractivity contribution in [3.05, 3.63) is 48.3 Å². The number of hydrogen-bond acceptors (Lipinski definition) is 5. The van der Waals surface area contributed by atoms with Gasteiger partial charge in [0.1, 0.15) is 23.2 Å². The van der Waals surface area contributed by atoms with Gasteiger partial charge in [-0.15, -0.1) is 0 Å². The molecule has 1 heterocycles. The lowest BCUT2D eigenvalue weighted by Crippen LogP contribution is -2.38. The predicted molar refractivity (Wildman–Crippen MR) is 140 cm³/mol. The lowest BCUT2D eigenvalue weighted by atomic mass is 10.0. The molecule has 198 valence electrons. The van der Waals surface area contributed by atoms with Crippen molar-refractivity contribution in [3.63, 3.8) is 0 Å². The molecular weight excluding hydrogens is 459 g/mol. The van der Waals surface area contributed by atoms with Crippen LogP contribution in [0.15, 0.2) is 42.5 Å². The molecule has 0 atom stereocenters. The molecule has 36 heavy (non-hydrogen) atoms. The highest BCUT2D eigenvalue weighted by atomic mass is 19.1. The van der Waals surface area contributed by atoms with Gasteiger partial charge >= 0.3 is 5.97 Å². The molecule has 2 aromatic carbocycles. The van der Waals surface area contributed by atoms with Gasteiger partial charge in [-0.2, -0.15) is 0 Å². The minimum absolute atomic E-state index is 0.234. The summed E-state index contributed by atoms with van der Waals surface area (Å²) < 4.78 is 37.3. The van der Waals surface area contributed by atoms with Gasteiger partial charge in [0.15, 0.2) is 6.29 Å². The molecule has 5 nitrogen and oxygen atoms in total. The summed E-state index contributed by atoms with van der Waals surface area (Å²) >= 11 is 0. The molecular formula is C30H41FO5. The van der Waals surface area contributed by atoms with Gasteiger partial charge in [0.2, 0.25) is 0 Å². The fourth-order valence-electron chi connectivity index (χ4n) is 4.20. The Morgan fingerprint density at radius 1 is 0.861 bits per heavy atom. The summed E-state index contributed by atoms with van der Waals surface area (Å²) in [6.07, 6.45) is 11.1. The highest BCUT2D eigenvalue weighted by molar-refractivity contribution is 5.76. The predicted octanol–water partition coefficient (Wildman–Crippen LogP) is 7.71. The first kappa shape index (κ1) is 28.1. The Bertz CT molecular complexity index is 906. The third-order valence-corrected chi connectivity index (χ3v) is 6.43. The van der Waals surface area contributed by atoms with Crippen LogP contribution in [0, 0.1) is 11.7 Å². The maximum atomic E-state index is 14.7.